The number of aromatic nitrogens is 1. The molecule has 0 aliphatic carbocycles. The number of halogens is 1. The van der Waals surface area contributed by atoms with Crippen molar-refractivity contribution in [3.8, 4) is 5.75 Å². The number of fused-ring (bicyclic) bond motifs is 1. The summed E-state index contributed by atoms with van der Waals surface area (Å²) < 4.78 is 35.4. The van der Waals surface area contributed by atoms with Crippen molar-refractivity contribution in [2.24, 2.45) is 5.10 Å². The first-order chi connectivity index (χ1) is 14.9. The molecule has 4 rings (SSSR count). The molecule has 0 radical (unpaired) electrons. The summed E-state index contributed by atoms with van der Waals surface area (Å²) in [6.45, 7) is 0.374. The summed E-state index contributed by atoms with van der Waals surface area (Å²) in [6, 6.07) is 18.7. The number of sulfonamides is 1. The Morgan fingerprint density at radius 1 is 1.10 bits per heavy atom. The van der Waals surface area contributed by atoms with Crippen molar-refractivity contribution in [3.63, 3.8) is 0 Å². The van der Waals surface area contributed by atoms with Crippen LogP contribution < -0.4 is 15.3 Å². The molecule has 4 aromatic rings. The predicted molar refractivity (Wildman–Crippen MR) is 117 cm³/mol. The molecule has 1 aromatic heterocycles. The molecule has 0 spiro atoms. The molecule has 0 bridgehead atoms. The zero-order valence-corrected chi connectivity index (χ0v) is 17.5. The Labute approximate surface area is 182 Å². The van der Waals surface area contributed by atoms with Crippen molar-refractivity contribution in [3.05, 3.63) is 93.4 Å². The smallest absolute Gasteiger partial charge is 0.417 e. The highest BCUT2D eigenvalue weighted by Crippen LogP contribution is 2.26. The molecule has 0 amide bonds. The van der Waals surface area contributed by atoms with E-state index in [1.807, 2.05) is 30.3 Å². The third-order valence-electron chi connectivity index (χ3n) is 4.28. The van der Waals surface area contributed by atoms with Crippen LogP contribution in [0.25, 0.3) is 11.1 Å². The fraction of sp³-hybridized carbons (Fsp3) is 0.0476. The lowest BCUT2D eigenvalue weighted by atomic mass is 10.2. The standard InChI is InChI=1S/C21H16ClN3O5S/c22-17-10-15(6-9-19(17)29-13-14-4-2-1-3-5-14)12-23-25-31(27,28)16-7-8-18-20(11-16)30-21(26)24-18/h1-12,25H,13H2,(H,24,26)/b23-12+. The first-order valence-electron chi connectivity index (χ1n) is 9.05. The number of oxazole rings is 1. The molecule has 0 aliphatic heterocycles. The van der Waals surface area contributed by atoms with Gasteiger partial charge >= 0.3 is 5.76 Å². The minimum absolute atomic E-state index is 0.0948. The summed E-state index contributed by atoms with van der Waals surface area (Å²) in [5.74, 6) is -0.159. The predicted octanol–water partition coefficient (Wildman–Crippen LogP) is 3.67. The van der Waals surface area contributed by atoms with Gasteiger partial charge in [0.25, 0.3) is 10.0 Å². The van der Waals surface area contributed by atoms with Crippen LogP contribution in [0.2, 0.25) is 5.02 Å². The minimum atomic E-state index is -3.95. The summed E-state index contributed by atoms with van der Waals surface area (Å²) in [6.07, 6.45) is 1.32. The number of hydrogen-bond acceptors (Lipinski definition) is 6. The normalized spacial score (nSPS) is 11.8. The van der Waals surface area contributed by atoms with Crippen LogP contribution in [0.5, 0.6) is 5.75 Å². The molecule has 3 aromatic carbocycles. The molecule has 0 unspecified atom stereocenters. The molecule has 10 heteroatoms. The third-order valence-corrected chi connectivity index (χ3v) is 5.80. The molecule has 31 heavy (non-hydrogen) atoms. The number of aromatic amines is 1. The monoisotopic (exact) mass is 457 g/mol. The molecule has 0 saturated carbocycles. The molecule has 1 heterocycles. The number of hydrazone groups is 1. The summed E-state index contributed by atoms with van der Waals surface area (Å²) in [5, 5.41) is 4.15. The topological polar surface area (TPSA) is 114 Å². The van der Waals surface area contributed by atoms with Crippen molar-refractivity contribution in [2.45, 2.75) is 11.5 Å². The van der Waals surface area contributed by atoms with E-state index >= 15 is 0 Å². The Kier molecular flexibility index (Phi) is 5.79. The van der Waals surface area contributed by atoms with E-state index in [1.165, 1.54) is 24.4 Å². The second-order valence-corrected chi connectivity index (χ2v) is 8.56. The van der Waals surface area contributed by atoms with Gasteiger partial charge in [-0.1, -0.05) is 41.9 Å². The van der Waals surface area contributed by atoms with E-state index in [4.69, 9.17) is 20.8 Å². The van der Waals surface area contributed by atoms with Crippen molar-refractivity contribution in [1.29, 1.82) is 0 Å². The van der Waals surface area contributed by atoms with E-state index in [0.717, 1.165) is 5.56 Å². The quantitative estimate of drug-likeness (QED) is 0.324. The second-order valence-electron chi connectivity index (χ2n) is 6.49. The van der Waals surface area contributed by atoms with Gasteiger partial charge in [-0.3, -0.25) is 4.98 Å². The van der Waals surface area contributed by atoms with Crippen LogP contribution in [-0.4, -0.2) is 19.6 Å². The minimum Gasteiger partial charge on any atom is -0.487 e. The second kappa shape index (κ2) is 8.66. The lowest BCUT2D eigenvalue weighted by Gasteiger charge is -2.08. The Morgan fingerprint density at radius 3 is 2.68 bits per heavy atom. The van der Waals surface area contributed by atoms with E-state index in [2.05, 4.69) is 14.9 Å². The summed E-state index contributed by atoms with van der Waals surface area (Å²) in [4.78, 5) is 15.7. The number of rotatable bonds is 7. The highest BCUT2D eigenvalue weighted by Gasteiger charge is 2.15. The van der Waals surface area contributed by atoms with Gasteiger partial charge in [0.15, 0.2) is 5.58 Å². The average Bonchev–Trinajstić information content (AvgIpc) is 3.13. The Hall–Kier alpha value is -3.56. The third kappa shape index (κ3) is 4.96. The molecular formula is C21H16ClN3O5S. The molecular weight excluding hydrogens is 442 g/mol. The average molecular weight is 458 g/mol. The van der Waals surface area contributed by atoms with E-state index in [0.29, 0.717) is 28.5 Å². The van der Waals surface area contributed by atoms with Crippen LogP contribution in [0.4, 0.5) is 0 Å². The Morgan fingerprint density at radius 2 is 1.90 bits per heavy atom. The van der Waals surface area contributed by atoms with Gasteiger partial charge in [-0.2, -0.15) is 13.5 Å². The van der Waals surface area contributed by atoms with E-state index in [1.54, 1.807) is 18.2 Å². The van der Waals surface area contributed by atoms with Gasteiger partial charge < -0.3 is 9.15 Å². The van der Waals surface area contributed by atoms with E-state index < -0.39 is 15.8 Å². The van der Waals surface area contributed by atoms with Crippen molar-refractivity contribution in [1.82, 2.24) is 9.82 Å². The van der Waals surface area contributed by atoms with Crippen LogP contribution >= 0.6 is 11.6 Å². The van der Waals surface area contributed by atoms with Crippen molar-refractivity contribution >= 4 is 38.9 Å². The molecule has 2 N–H and O–H groups in total. The largest absolute Gasteiger partial charge is 0.487 e. The van der Waals surface area contributed by atoms with E-state index in [-0.39, 0.29) is 10.5 Å². The number of hydrogen-bond donors (Lipinski definition) is 2. The zero-order chi connectivity index (χ0) is 21.8. The van der Waals surface area contributed by atoms with Gasteiger partial charge in [0.1, 0.15) is 12.4 Å². The van der Waals surface area contributed by atoms with Gasteiger partial charge in [-0.05, 0) is 41.5 Å². The number of nitrogens with one attached hydrogen (secondary N) is 2. The summed E-state index contributed by atoms with van der Waals surface area (Å²) >= 11 is 6.25. The SMILES string of the molecule is O=c1[nH]c2ccc(S(=O)(=O)N/N=C/c3ccc(OCc4ccccc4)c(Cl)c3)cc2o1. The molecule has 0 atom stereocenters. The van der Waals surface area contributed by atoms with Gasteiger partial charge in [0.05, 0.1) is 21.6 Å². The number of nitrogens with zero attached hydrogens (tertiary/aromatic N) is 1. The van der Waals surface area contributed by atoms with Crippen LogP contribution in [-0.2, 0) is 16.6 Å². The van der Waals surface area contributed by atoms with Crippen LogP contribution in [0.15, 0.2) is 85.9 Å². The first-order valence-corrected chi connectivity index (χ1v) is 10.9. The van der Waals surface area contributed by atoms with Crippen LogP contribution in [0.1, 0.15) is 11.1 Å². The summed E-state index contributed by atoms with van der Waals surface area (Å²) in [5.41, 5.74) is 2.12. The van der Waals surface area contributed by atoms with Crippen LogP contribution in [0, 0.1) is 0 Å². The van der Waals surface area contributed by atoms with Crippen LogP contribution in [0.3, 0.4) is 0 Å². The molecule has 158 valence electrons. The molecule has 0 fully saturated rings. The lowest BCUT2D eigenvalue weighted by molar-refractivity contribution is 0.306. The van der Waals surface area contributed by atoms with Gasteiger partial charge in [0.2, 0.25) is 0 Å². The molecule has 0 aliphatic rings. The highest BCUT2D eigenvalue weighted by molar-refractivity contribution is 7.89. The maximum Gasteiger partial charge on any atom is 0.417 e. The highest BCUT2D eigenvalue weighted by atomic mass is 35.5. The van der Waals surface area contributed by atoms with Gasteiger partial charge in [-0.15, -0.1) is 0 Å². The van der Waals surface area contributed by atoms with Gasteiger partial charge in [0, 0.05) is 6.07 Å². The van der Waals surface area contributed by atoms with Crippen molar-refractivity contribution < 1.29 is 17.6 Å². The fourth-order valence-electron chi connectivity index (χ4n) is 2.77. The molecule has 8 nitrogen and oxygen atoms in total. The zero-order valence-electron chi connectivity index (χ0n) is 15.9. The number of benzene rings is 3. The maximum absolute atomic E-state index is 12.4. The molecule has 0 saturated heterocycles. The number of ether oxygens (including phenoxy) is 1. The van der Waals surface area contributed by atoms with E-state index in [9.17, 15) is 13.2 Å². The Bertz CT molecular complexity index is 1410. The fourth-order valence-corrected chi connectivity index (χ4v) is 3.82. The number of H-pyrrole nitrogens is 1. The Balaban J connectivity index is 1.42. The summed E-state index contributed by atoms with van der Waals surface area (Å²) in [7, 11) is -3.95. The first kappa shape index (κ1) is 20.7. The van der Waals surface area contributed by atoms with Gasteiger partial charge in [-0.25, -0.2) is 9.63 Å². The maximum atomic E-state index is 12.4. The lowest BCUT2D eigenvalue weighted by Crippen LogP contribution is -2.18. The van der Waals surface area contributed by atoms with Crippen molar-refractivity contribution in [2.75, 3.05) is 0 Å².